The van der Waals surface area contributed by atoms with E-state index in [1.807, 2.05) is 18.2 Å². The largest absolute Gasteiger partial charge is 0.465 e. The zero-order valence-corrected chi connectivity index (χ0v) is 12.9. The van der Waals surface area contributed by atoms with Gasteiger partial charge in [-0.1, -0.05) is 24.3 Å². The second-order valence-electron chi connectivity index (χ2n) is 5.42. The van der Waals surface area contributed by atoms with E-state index in [9.17, 15) is 9.59 Å². The molecule has 5 nitrogen and oxygen atoms in total. The first-order chi connectivity index (χ1) is 11.2. The van der Waals surface area contributed by atoms with Crippen molar-refractivity contribution in [1.29, 1.82) is 0 Å². The van der Waals surface area contributed by atoms with Gasteiger partial charge in [-0.15, -0.1) is 0 Å². The fourth-order valence-corrected chi connectivity index (χ4v) is 2.79. The molecule has 0 unspecified atom stereocenters. The Labute approximate surface area is 134 Å². The molecular weight excluding hydrogens is 292 g/mol. The summed E-state index contributed by atoms with van der Waals surface area (Å²) in [5.41, 5.74) is 3.39. The Morgan fingerprint density at radius 1 is 1.17 bits per heavy atom. The van der Waals surface area contributed by atoms with Crippen molar-refractivity contribution < 1.29 is 14.3 Å². The van der Waals surface area contributed by atoms with E-state index in [4.69, 9.17) is 0 Å². The molecular formula is C18H18N2O3. The Kier molecular flexibility index (Phi) is 4.28. The number of benzene rings is 2. The highest BCUT2D eigenvalue weighted by molar-refractivity contribution is 5.96. The number of methoxy groups -OCH3 is 1. The number of nitrogens with zero attached hydrogens (tertiary/aromatic N) is 1. The van der Waals surface area contributed by atoms with Crippen LogP contribution in [0.15, 0.2) is 48.5 Å². The van der Waals surface area contributed by atoms with E-state index in [1.54, 1.807) is 24.3 Å². The van der Waals surface area contributed by atoms with Gasteiger partial charge in [0.2, 0.25) is 5.91 Å². The molecule has 0 saturated carbocycles. The summed E-state index contributed by atoms with van der Waals surface area (Å²) in [6.07, 6.45) is 0.960. The maximum Gasteiger partial charge on any atom is 0.337 e. The predicted molar refractivity (Wildman–Crippen MR) is 88.8 cm³/mol. The molecule has 1 aliphatic heterocycles. The van der Waals surface area contributed by atoms with Crippen LogP contribution in [0.2, 0.25) is 0 Å². The molecule has 1 amide bonds. The van der Waals surface area contributed by atoms with Crippen molar-refractivity contribution in [2.24, 2.45) is 0 Å². The minimum Gasteiger partial charge on any atom is -0.465 e. The summed E-state index contributed by atoms with van der Waals surface area (Å²) >= 11 is 0. The molecule has 0 fully saturated rings. The highest BCUT2D eigenvalue weighted by atomic mass is 16.5. The molecule has 5 heteroatoms. The van der Waals surface area contributed by atoms with Crippen LogP contribution in [-0.4, -0.2) is 32.1 Å². The molecule has 1 aliphatic rings. The summed E-state index contributed by atoms with van der Waals surface area (Å²) in [6, 6.07) is 14.9. The smallest absolute Gasteiger partial charge is 0.337 e. The van der Waals surface area contributed by atoms with Crippen LogP contribution in [0.3, 0.4) is 0 Å². The van der Waals surface area contributed by atoms with Gasteiger partial charge in [0, 0.05) is 17.9 Å². The summed E-state index contributed by atoms with van der Waals surface area (Å²) < 4.78 is 4.68. The number of hydrogen-bond donors (Lipinski definition) is 1. The van der Waals surface area contributed by atoms with Crippen LogP contribution in [0.5, 0.6) is 0 Å². The first-order valence-corrected chi connectivity index (χ1v) is 7.48. The van der Waals surface area contributed by atoms with Crippen LogP contribution in [-0.2, 0) is 16.0 Å². The van der Waals surface area contributed by atoms with E-state index in [2.05, 4.69) is 21.0 Å². The summed E-state index contributed by atoms with van der Waals surface area (Å²) in [4.78, 5) is 25.8. The van der Waals surface area contributed by atoms with Crippen molar-refractivity contribution in [3.05, 3.63) is 59.7 Å². The van der Waals surface area contributed by atoms with Gasteiger partial charge < -0.3 is 15.0 Å². The normalized spacial score (nSPS) is 12.7. The third-order valence-corrected chi connectivity index (χ3v) is 3.89. The highest BCUT2D eigenvalue weighted by Crippen LogP contribution is 2.27. The maximum absolute atomic E-state index is 12.3. The predicted octanol–water partition coefficient (Wildman–Crippen LogP) is 2.47. The van der Waals surface area contributed by atoms with Gasteiger partial charge in [-0.2, -0.15) is 0 Å². The van der Waals surface area contributed by atoms with Gasteiger partial charge in [-0.25, -0.2) is 4.79 Å². The molecule has 1 N–H and O–H groups in total. The first-order valence-electron chi connectivity index (χ1n) is 7.48. The lowest BCUT2D eigenvalue weighted by molar-refractivity contribution is -0.115. The molecule has 2 aromatic carbocycles. The van der Waals surface area contributed by atoms with Crippen LogP contribution in [0.25, 0.3) is 0 Å². The molecule has 0 aromatic heterocycles. The van der Waals surface area contributed by atoms with E-state index in [-0.39, 0.29) is 5.91 Å². The Bertz CT molecular complexity index is 743. The van der Waals surface area contributed by atoms with Crippen molar-refractivity contribution in [1.82, 2.24) is 0 Å². The number of ether oxygens (including phenoxy) is 1. The number of amides is 1. The van der Waals surface area contributed by atoms with Gasteiger partial charge in [-0.05, 0) is 36.2 Å². The van der Waals surface area contributed by atoms with Gasteiger partial charge in [0.1, 0.15) is 0 Å². The molecule has 0 spiro atoms. The minimum absolute atomic E-state index is 0.108. The van der Waals surface area contributed by atoms with E-state index >= 15 is 0 Å². The lowest BCUT2D eigenvalue weighted by Gasteiger charge is -2.18. The molecule has 0 saturated heterocycles. The molecule has 2 aromatic rings. The molecule has 0 aliphatic carbocycles. The molecule has 0 radical (unpaired) electrons. The van der Waals surface area contributed by atoms with Gasteiger partial charge in [-0.3, -0.25) is 4.79 Å². The fourth-order valence-electron chi connectivity index (χ4n) is 2.79. The molecule has 118 valence electrons. The Morgan fingerprint density at radius 3 is 2.83 bits per heavy atom. The first kappa shape index (κ1) is 15.1. The van der Waals surface area contributed by atoms with E-state index in [0.717, 1.165) is 18.7 Å². The van der Waals surface area contributed by atoms with Crippen molar-refractivity contribution in [2.75, 3.05) is 30.4 Å². The van der Waals surface area contributed by atoms with Crippen LogP contribution >= 0.6 is 0 Å². The molecule has 1 heterocycles. The number of carbonyl (C=O) groups excluding carboxylic acids is 2. The number of nitrogens with one attached hydrogen (secondary N) is 1. The van der Waals surface area contributed by atoms with Crippen LogP contribution in [0, 0.1) is 0 Å². The summed E-state index contributed by atoms with van der Waals surface area (Å²) in [5, 5.41) is 2.83. The Hall–Kier alpha value is -2.82. The summed E-state index contributed by atoms with van der Waals surface area (Å²) in [7, 11) is 1.33. The molecule has 0 atom stereocenters. The highest BCUT2D eigenvalue weighted by Gasteiger charge is 2.20. The van der Waals surface area contributed by atoms with Crippen molar-refractivity contribution >= 4 is 23.3 Å². The quantitative estimate of drug-likeness (QED) is 0.881. The lowest BCUT2D eigenvalue weighted by atomic mass is 10.2. The monoisotopic (exact) mass is 310 g/mol. The van der Waals surface area contributed by atoms with Crippen LogP contribution in [0.4, 0.5) is 11.4 Å². The summed E-state index contributed by atoms with van der Waals surface area (Å²) in [5.74, 6) is -0.529. The zero-order valence-electron chi connectivity index (χ0n) is 12.9. The van der Waals surface area contributed by atoms with E-state index in [1.165, 1.54) is 12.7 Å². The number of hydrogen-bond acceptors (Lipinski definition) is 4. The van der Waals surface area contributed by atoms with E-state index in [0.29, 0.717) is 17.8 Å². The van der Waals surface area contributed by atoms with Gasteiger partial charge >= 0.3 is 5.97 Å². The molecule has 23 heavy (non-hydrogen) atoms. The minimum atomic E-state index is -0.422. The summed E-state index contributed by atoms with van der Waals surface area (Å²) in [6.45, 7) is 1.13. The van der Waals surface area contributed by atoms with Gasteiger partial charge in [0.05, 0.1) is 19.2 Å². The average Bonchev–Trinajstić information content (AvgIpc) is 2.97. The number of esters is 1. The van der Waals surface area contributed by atoms with Crippen molar-refractivity contribution in [3.63, 3.8) is 0 Å². The van der Waals surface area contributed by atoms with Crippen molar-refractivity contribution in [2.45, 2.75) is 6.42 Å². The number of carbonyl (C=O) groups is 2. The Balaban J connectivity index is 1.66. The van der Waals surface area contributed by atoms with E-state index < -0.39 is 5.97 Å². The second kappa shape index (κ2) is 6.52. The standard InChI is InChI=1S/C18H18N2O3/c1-23-18(22)14-6-4-7-15(11-14)19-17(21)12-20-10-9-13-5-2-3-8-16(13)20/h2-8,11H,9-10,12H2,1H3,(H,19,21). The Morgan fingerprint density at radius 2 is 2.00 bits per heavy atom. The van der Waals surface area contributed by atoms with Crippen LogP contribution < -0.4 is 10.2 Å². The SMILES string of the molecule is COC(=O)c1cccc(NC(=O)CN2CCc3ccccc32)c1. The van der Waals surface area contributed by atoms with Crippen LogP contribution in [0.1, 0.15) is 15.9 Å². The zero-order chi connectivity index (χ0) is 16.2. The van der Waals surface area contributed by atoms with Crippen molar-refractivity contribution in [3.8, 4) is 0 Å². The number of rotatable bonds is 4. The van der Waals surface area contributed by atoms with Gasteiger partial charge in [0.25, 0.3) is 0 Å². The maximum atomic E-state index is 12.3. The molecule has 3 rings (SSSR count). The fraction of sp³-hybridized carbons (Fsp3) is 0.222. The van der Waals surface area contributed by atoms with Gasteiger partial charge in [0.15, 0.2) is 0 Å². The number of anilines is 2. The lowest BCUT2D eigenvalue weighted by Crippen LogP contribution is -2.31. The molecule has 0 bridgehead atoms. The third kappa shape index (κ3) is 3.34. The second-order valence-corrected chi connectivity index (χ2v) is 5.42. The number of fused-ring (bicyclic) bond motifs is 1. The average molecular weight is 310 g/mol. The third-order valence-electron chi connectivity index (χ3n) is 3.89. The topological polar surface area (TPSA) is 58.6 Å². The number of para-hydroxylation sites is 1.